The van der Waals surface area contributed by atoms with Crippen molar-refractivity contribution in [1.82, 2.24) is 14.9 Å². The van der Waals surface area contributed by atoms with Crippen molar-refractivity contribution in [3.05, 3.63) is 46.3 Å². The lowest BCUT2D eigenvalue weighted by Gasteiger charge is -2.19. The van der Waals surface area contributed by atoms with Gasteiger partial charge < -0.3 is 10.2 Å². The molecule has 1 aliphatic heterocycles. The maximum atomic E-state index is 12.5. The molecule has 0 aliphatic carbocycles. The third-order valence-corrected chi connectivity index (χ3v) is 4.81. The van der Waals surface area contributed by atoms with Crippen molar-refractivity contribution in [2.24, 2.45) is 0 Å². The van der Waals surface area contributed by atoms with Gasteiger partial charge in [-0.1, -0.05) is 18.9 Å². The second kappa shape index (κ2) is 7.75. The first kappa shape index (κ1) is 16.9. The van der Waals surface area contributed by atoms with Gasteiger partial charge in [0, 0.05) is 17.6 Å². The molecule has 3 rings (SSSR count). The van der Waals surface area contributed by atoms with E-state index in [0.717, 1.165) is 36.1 Å². The molecule has 1 aliphatic rings. The average Bonchev–Trinajstić information content (AvgIpc) is 2.87. The van der Waals surface area contributed by atoms with E-state index in [4.69, 9.17) is 0 Å². The van der Waals surface area contributed by atoms with Crippen molar-refractivity contribution in [2.75, 3.05) is 18.4 Å². The molecule has 5 nitrogen and oxygen atoms in total. The average molecular weight is 389 g/mol. The summed E-state index contributed by atoms with van der Waals surface area (Å²) in [4.78, 5) is 23.0. The monoisotopic (exact) mass is 388 g/mol. The Bertz CT molecular complexity index is 709. The van der Waals surface area contributed by atoms with Gasteiger partial charge in [-0.3, -0.25) is 4.79 Å². The van der Waals surface area contributed by atoms with Gasteiger partial charge in [0.05, 0.1) is 18.1 Å². The van der Waals surface area contributed by atoms with E-state index in [1.807, 2.05) is 30.0 Å². The Morgan fingerprint density at radius 1 is 1.12 bits per heavy atom. The maximum absolute atomic E-state index is 12.5. The molecule has 0 saturated carbocycles. The van der Waals surface area contributed by atoms with E-state index in [-0.39, 0.29) is 5.91 Å². The van der Waals surface area contributed by atoms with Gasteiger partial charge in [0.25, 0.3) is 5.91 Å². The molecule has 2 heterocycles. The number of benzene rings is 1. The highest BCUT2D eigenvalue weighted by atomic mass is 79.9. The molecule has 0 bridgehead atoms. The molecule has 1 saturated heterocycles. The lowest BCUT2D eigenvalue weighted by Crippen LogP contribution is -2.32. The molecule has 2 aromatic rings. The number of carbonyl (C=O) groups excluding carboxylic acids is 1. The molecule has 0 atom stereocenters. The van der Waals surface area contributed by atoms with Gasteiger partial charge in [0.2, 0.25) is 0 Å². The molecule has 1 fully saturated rings. The smallest absolute Gasteiger partial charge is 0.274 e. The van der Waals surface area contributed by atoms with Gasteiger partial charge in [-0.05, 0) is 53.4 Å². The minimum Gasteiger partial charge on any atom is -0.338 e. The summed E-state index contributed by atoms with van der Waals surface area (Å²) in [7, 11) is 0. The Balaban J connectivity index is 1.69. The number of nitrogens with zero attached hydrogens (tertiary/aromatic N) is 3. The molecule has 1 N–H and O–H groups in total. The zero-order valence-corrected chi connectivity index (χ0v) is 15.3. The quantitative estimate of drug-likeness (QED) is 0.850. The Kier molecular flexibility index (Phi) is 5.45. The van der Waals surface area contributed by atoms with Crippen LogP contribution in [0.15, 0.2) is 35.1 Å². The molecule has 24 heavy (non-hydrogen) atoms. The highest BCUT2D eigenvalue weighted by molar-refractivity contribution is 9.10. The van der Waals surface area contributed by atoms with E-state index < -0.39 is 0 Å². The van der Waals surface area contributed by atoms with Crippen LogP contribution in [0.4, 0.5) is 11.5 Å². The zero-order valence-electron chi connectivity index (χ0n) is 13.8. The van der Waals surface area contributed by atoms with E-state index >= 15 is 0 Å². The van der Waals surface area contributed by atoms with Crippen molar-refractivity contribution in [1.29, 1.82) is 0 Å². The number of likely N-dealkylation sites (tertiary alicyclic amines) is 1. The molecule has 126 valence electrons. The first-order valence-corrected chi connectivity index (χ1v) is 9.07. The standard InChI is InChI=1S/C18H21BrN4O/c1-13-6-7-15(14(19)10-13)22-17-12-20-16(11-21-17)18(24)23-8-4-2-3-5-9-23/h6-7,10-12H,2-5,8-9H2,1H3,(H,21,22). The predicted octanol–water partition coefficient (Wildman–Crippen LogP) is 4.31. The van der Waals surface area contributed by atoms with Crippen molar-refractivity contribution in [3.8, 4) is 0 Å². The van der Waals surface area contributed by atoms with Crippen LogP contribution < -0.4 is 5.32 Å². The van der Waals surface area contributed by atoms with Crippen LogP contribution in [0, 0.1) is 6.92 Å². The van der Waals surface area contributed by atoms with E-state index in [2.05, 4.69) is 31.2 Å². The molecule has 0 spiro atoms. The van der Waals surface area contributed by atoms with Gasteiger partial charge in [0.1, 0.15) is 11.5 Å². The summed E-state index contributed by atoms with van der Waals surface area (Å²) in [6.45, 7) is 3.67. The Labute approximate surface area is 150 Å². The van der Waals surface area contributed by atoms with E-state index in [1.165, 1.54) is 18.4 Å². The summed E-state index contributed by atoms with van der Waals surface area (Å²) in [6, 6.07) is 6.04. The zero-order chi connectivity index (χ0) is 16.9. The highest BCUT2D eigenvalue weighted by Crippen LogP contribution is 2.25. The van der Waals surface area contributed by atoms with Crippen molar-refractivity contribution >= 4 is 33.3 Å². The first-order valence-electron chi connectivity index (χ1n) is 8.28. The fourth-order valence-corrected chi connectivity index (χ4v) is 3.39. The number of hydrogen-bond acceptors (Lipinski definition) is 4. The number of anilines is 2. The minimum absolute atomic E-state index is 0.0209. The van der Waals surface area contributed by atoms with Crippen LogP contribution in [0.1, 0.15) is 41.7 Å². The van der Waals surface area contributed by atoms with Crippen molar-refractivity contribution in [3.63, 3.8) is 0 Å². The molecule has 0 unspecified atom stereocenters. The van der Waals surface area contributed by atoms with E-state index in [1.54, 1.807) is 12.4 Å². The normalized spacial score (nSPS) is 15.0. The van der Waals surface area contributed by atoms with Gasteiger partial charge in [-0.2, -0.15) is 0 Å². The Hall–Kier alpha value is -1.95. The van der Waals surface area contributed by atoms with Crippen LogP contribution in [-0.2, 0) is 0 Å². The molecule has 6 heteroatoms. The fraction of sp³-hybridized carbons (Fsp3) is 0.389. The van der Waals surface area contributed by atoms with Crippen LogP contribution in [0.25, 0.3) is 0 Å². The molecular weight excluding hydrogens is 368 g/mol. The summed E-state index contributed by atoms with van der Waals surface area (Å²) in [5, 5.41) is 3.21. The number of nitrogens with one attached hydrogen (secondary N) is 1. The number of aromatic nitrogens is 2. The summed E-state index contributed by atoms with van der Waals surface area (Å²) in [5.74, 6) is 0.597. The highest BCUT2D eigenvalue weighted by Gasteiger charge is 2.18. The SMILES string of the molecule is Cc1ccc(Nc2cnc(C(=O)N3CCCCCC3)cn2)c(Br)c1. The number of aryl methyl sites for hydroxylation is 1. The number of amides is 1. The summed E-state index contributed by atoms with van der Waals surface area (Å²) in [6.07, 6.45) is 7.70. The summed E-state index contributed by atoms with van der Waals surface area (Å²) in [5.41, 5.74) is 2.50. The summed E-state index contributed by atoms with van der Waals surface area (Å²) < 4.78 is 0.967. The van der Waals surface area contributed by atoms with Crippen LogP contribution in [0.2, 0.25) is 0 Å². The van der Waals surface area contributed by atoms with Crippen molar-refractivity contribution < 1.29 is 4.79 Å². The number of hydrogen-bond donors (Lipinski definition) is 1. The molecule has 0 radical (unpaired) electrons. The summed E-state index contributed by atoms with van der Waals surface area (Å²) >= 11 is 3.53. The largest absolute Gasteiger partial charge is 0.338 e. The predicted molar refractivity (Wildman–Crippen MR) is 98.6 cm³/mol. The first-order chi connectivity index (χ1) is 11.6. The number of rotatable bonds is 3. The van der Waals surface area contributed by atoms with Crippen LogP contribution in [0.5, 0.6) is 0 Å². The van der Waals surface area contributed by atoms with Gasteiger partial charge in [0.15, 0.2) is 0 Å². The van der Waals surface area contributed by atoms with E-state index in [9.17, 15) is 4.79 Å². The van der Waals surface area contributed by atoms with E-state index in [0.29, 0.717) is 11.5 Å². The molecule has 1 aromatic carbocycles. The van der Waals surface area contributed by atoms with Crippen LogP contribution in [-0.4, -0.2) is 33.9 Å². The van der Waals surface area contributed by atoms with Gasteiger partial charge in [-0.15, -0.1) is 0 Å². The molecular formula is C18H21BrN4O. The number of halogens is 1. The fourth-order valence-electron chi connectivity index (χ4n) is 2.80. The molecule has 1 amide bonds. The van der Waals surface area contributed by atoms with Crippen LogP contribution in [0.3, 0.4) is 0 Å². The molecule has 1 aromatic heterocycles. The maximum Gasteiger partial charge on any atom is 0.274 e. The minimum atomic E-state index is -0.0209. The van der Waals surface area contributed by atoms with Crippen molar-refractivity contribution in [2.45, 2.75) is 32.6 Å². The Morgan fingerprint density at radius 2 is 1.88 bits per heavy atom. The topological polar surface area (TPSA) is 58.1 Å². The lowest BCUT2D eigenvalue weighted by atomic mass is 10.2. The van der Waals surface area contributed by atoms with Gasteiger partial charge in [-0.25, -0.2) is 9.97 Å². The third kappa shape index (κ3) is 4.12. The van der Waals surface area contributed by atoms with Gasteiger partial charge >= 0.3 is 0 Å². The third-order valence-electron chi connectivity index (χ3n) is 4.15. The van der Waals surface area contributed by atoms with Crippen LogP contribution >= 0.6 is 15.9 Å². The Morgan fingerprint density at radius 3 is 2.50 bits per heavy atom. The lowest BCUT2D eigenvalue weighted by molar-refractivity contribution is 0.0755. The second-order valence-corrected chi connectivity index (χ2v) is 6.96. The number of carbonyl (C=O) groups is 1. The second-order valence-electron chi connectivity index (χ2n) is 6.10.